The Balaban J connectivity index is 1.44. The van der Waals surface area contributed by atoms with E-state index in [4.69, 9.17) is 4.74 Å². The van der Waals surface area contributed by atoms with Gasteiger partial charge in [0, 0.05) is 46.9 Å². The number of rotatable bonds is 6. The predicted octanol–water partition coefficient (Wildman–Crippen LogP) is 0.578. The lowest BCUT2D eigenvalue weighted by Gasteiger charge is -2.35. The molecular formula is C23H31N5O4. The van der Waals surface area contributed by atoms with Crippen molar-refractivity contribution in [1.29, 1.82) is 0 Å². The van der Waals surface area contributed by atoms with Gasteiger partial charge in [-0.25, -0.2) is 4.79 Å². The highest BCUT2D eigenvalue weighted by Gasteiger charge is 2.43. The number of amides is 4. The molecule has 3 aliphatic heterocycles. The van der Waals surface area contributed by atoms with Gasteiger partial charge < -0.3 is 19.9 Å². The lowest BCUT2D eigenvalue weighted by molar-refractivity contribution is -0.139. The molecule has 1 fully saturated rings. The summed E-state index contributed by atoms with van der Waals surface area (Å²) < 4.78 is 5.12. The highest BCUT2D eigenvalue weighted by Crippen LogP contribution is 2.35. The lowest BCUT2D eigenvalue weighted by atomic mass is 9.95. The van der Waals surface area contributed by atoms with Crippen LogP contribution in [0.4, 0.5) is 4.79 Å². The van der Waals surface area contributed by atoms with E-state index in [0.717, 1.165) is 30.8 Å². The van der Waals surface area contributed by atoms with E-state index in [1.165, 1.54) is 4.90 Å². The van der Waals surface area contributed by atoms with Crippen LogP contribution in [0.25, 0.3) is 0 Å². The molecule has 0 bridgehead atoms. The quantitative estimate of drug-likeness (QED) is 0.698. The number of methoxy groups -OCH3 is 1. The molecule has 1 aromatic carbocycles. The number of likely N-dealkylation sites (N-methyl/N-ethyl adjacent to an activating group) is 1. The van der Waals surface area contributed by atoms with Gasteiger partial charge in [0.1, 0.15) is 6.54 Å². The first-order valence-corrected chi connectivity index (χ1v) is 11.0. The first-order valence-electron chi connectivity index (χ1n) is 11.0. The van der Waals surface area contributed by atoms with Crippen molar-refractivity contribution < 1.29 is 19.1 Å². The van der Waals surface area contributed by atoms with Crippen LogP contribution in [0.2, 0.25) is 0 Å². The number of hydrogen-bond acceptors (Lipinski definition) is 5. The van der Waals surface area contributed by atoms with Gasteiger partial charge in [0.2, 0.25) is 5.91 Å². The molecule has 0 radical (unpaired) electrons. The van der Waals surface area contributed by atoms with Gasteiger partial charge in [0.05, 0.1) is 30.5 Å². The molecule has 4 rings (SSSR count). The van der Waals surface area contributed by atoms with Crippen molar-refractivity contribution >= 4 is 17.8 Å². The Morgan fingerprint density at radius 3 is 2.47 bits per heavy atom. The summed E-state index contributed by atoms with van der Waals surface area (Å²) in [5.74, 6) is -0.247. The normalized spacial score (nSPS) is 21.8. The maximum Gasteiger partial charge on any atom is 0.322 e. The summed E-state index contributed by atoms with van der Waals surface area (Å²) in [5.41, 5.74) is 3.18. The number of nitrogens with one attached hydrogen (secondary N) is 1. The summed E-state index contributed by atoms with van der Waals surface area (Å²) in [6.45, 7) is 6.69. The van der Waals surface area contributed by atoms with Crippen LogP contribution in [0.5, 0.6) is 0 Å². The minimum atomic E-state index is -0.508. The van der Waals surface area contributed by atoms with Gasteiger partial charge in [-0.1, -0.05) is 29.8 Å². The van der Waals surface area contributed by atoms with Crippen LogP contribution in [0, 0.1) is 6.92 Å². The number of carbonyl (C=O) groups excluding carboxylic acids is 3. The average Bonchev–Trinajstić information content (AvgIpc) is 3.12. The minimum absolute atomic E-state index is 0.0204. The molecule has 0 aliphatic carbocycles. The van der Waals surface area contributed by atoms with Gasteiger partial charge in [-0.15, -0.1) is 0 Å². The molecule has 172 valence electrons. The van der Waals surface area contributed by atoms with Gasteiger partial charge in [-0.05, 0) is 12.5 Å². The van der Waals surface area contributed by atoms with E-state index in [1.54, 1.807) is 19.1 Å². The smallest absolute Gasteiger partial charge is 0.322 e. The molecule has 1 saturated heterocycles. The Morgan fingerprint density at radius 1 is 1.12 bits per heavy atom. The number of urea groups is 1. The molecule has 9 nitrogen and oxygen atoms in total. The molecule has 4 amide bonds. The number of piperazine rings is 1. The molecule has 9 heteroatoms. The van der Waals surface area contributed by atoms with Crippen molar-refractivity contribution in [2.45, 2.75) is 13.0 Å². The predicted molar refractivity (Wildman–Crippen MR) is 119 cm³/mol. The molecule has 0 aromatic heterocycles. The molecule has 0 saturated carbocycles. The van der Waals surface area contributed by atoms with Crippen LogP contribution in [0.1, 0.15) is 17.2 Å². The standard InChI is InChI=1S/C23H31N5O4/c1-16-4-6-17(7-5-16)21-20-18(25(2)23(31)24-21)14-28(22(20)30)15-19(29)27-10-8-26(9-11-27)12-13-32-3/h4-7,21H,8-15H2,1-3H3,(H,24,31). The minimum Gasteiger partial charge on any atom is -0.383 e. The average molecular weight is 442 g/mol. The monoisotopic (exact) mass is 441 g/mol. The molecule has 1 atom stereocenters. The Labute approximate surface area is 188 Å². The number of nitrogens with zero attached hydrogens (tertiary/aromatic N) is 4. The molecule has 1 aromatic rings. The third-order valence-corrected chi connectivity index (χ3v) is 6.51. The third kappa shape index (κ3) is 4.35. The SMILES string of the molecule is COCCN1CCN(C(=O)CN2CC3=C(C2=O)C(c2ccc(C)cc2)NC(=O)N3C)CC1. The van der Waals surface area contributed by atoms with Crippen molar-refractivity contribution in [2.24, 2.45) is 0 Å². The van der Waals surface area contributed by atoms with Crippen molar-refractivity contribution in [3.8, 4) is 0 Å². The second-order valence-electron chi connectivity index (χ2n) is 8.59. The summed E-state index contributed by atoms with van der Waals surface area (Å²) in [5, 5.41) is 2.93. The zero-order valence-corrected chi connectivity index (χ0v) is 19.0. The van der Waals surface area contributed by atoms with Gasteiger partial charge in [-0.2, -0.15) is 0 Å². The lowest BCUT2D eigenvalue weighted by Crippen LogP contribution is -2.52. The van der Waals surface area contributed by atoms with E-state index in [2.05, 4.69) is 10.2 Å². The molecule has 3 aliphatic rings. The summed E-state index contributed by atoms with van der Waals surface area (Å²) >= 11 is 0. The topological polar surface area (TPSA) is 85.4 Å². The van der Waals surface area contributed by atoms with E-state index in [1.807, 2.05) is 36.1 Å². The van der Waals surface area contributed by atoms with E-state index in [0.29, 0.717) is 31.0 Å². The Bertz CT molecular complexity index is 921. The fraction of sp³-hybridized carbons (Fsp3) is 0.522. The van der Waals surface area contributed by atoms with E-state index < -0.39 is 6.04 Å². The maximum atomic E-state index is 13.3. The van der Waals surface area contributed by atoms with Crippen LogP contribution in [-0.2, 0) is 14.3 Å². The number of ether oxygens (including phenoxy) is 1. The van der Waals surface area contributed by atoms with Crippen LogP contribution in [0.15, 0.2) is 35.5 Å². The number of aryl methyl sites for hydroxylation is 1. The van der Waals surface area contributed by atoms with E-state index >= 15 is 0 Å². The third-order valence-electron chi connectivity index (χ3n) is 6.51. The Morgan fingerprint density at radius 2 is 1.81 bits per heavy atom. The van der Waals surface area contributed by atoms with E-state index in [-0.39, 0.29) is 30.9 Å². The number of hydrogen-bond donors (Lipinski definition) is 1. The second kappa shape index (κ2) is 9.30. The van der Waals surface area contributed by atoms with Gasteiger partial charge in [-0.3, -0.25) is 19.4 Å². The highest BCUT2D eigenvalue weighted by molar-refractivity contribution is 6.02. The van der Waals surface area contributed by atoms with Crippen LogP contribution < -0.4 is 5.32 Å². The van der Waals surface area contributed by atoms with Crippen LogP contribution in [0.3, 0.4) is 0 Å². The van der Waals surface area contributed by atoms with Crippen molar-refractivity contribution in [3.05, 3.63) is 46.7 Å². The van der Waals surface area contributed by atoms with E-state index in [9.17, 15) is 14.4 Å². The molecule has 32 heavy (non-hydrogen) atoms. The van der Waals surface area contributed by atoms with Crippen LogP contribution >= 0.6 is 0 Å². The molecule has 3 heterocycles. The van der Waals surface area contributed by atoms with Crippen molar-refractivity contribution in [1.82, 2.24) is 24.9 Å². The van der Waals surface area contributed by atoms with Crippen molar-refractivity contribution in [3.63, 3.8) is 0 Å². The Hall–Kier alpha value is -2.91. The van der Waals surface area contributed by atoms with Crippen molar-refractivity contribution in [2.75, 3.05) is 66.6 Å². The zero-order chi connectivity index (χ0) is 22.8. The van der Waals surface area contributed by atoms with Gasteiger partial charge >= 0.3 is 6.03 Å². The summed E-state index contributed by atoms with van der Waals surface area (Å²) in [4.78, 5) is 45.9. The van der Waals surface area contributed by atoms with Gasteiger partial charge in [0.25, 0.3) is 5.91 Å². The Kier molecular flexibility index (Phi) is 6.48. The van der Waals surface area contributed by atoms with Crippen LogP contribution in [-0.4, -0.2) is 104 Å². The summed E-state index contributed by atoms with van der Waals surface area (Å²) in [7, 11) is 3.35. The fourth-order valence-electron chi connectivity index (χ4n) is 4.46. The molecular weight excluding hydrogens is 410 g/mol. The largest absolute Gasteiger partial charge is 0.383 e. The summed E-state index contributed by atoms with van der Waals surface area (Å²) in [6.07, 6.45) is 0. The summed E-state index contributed by atoms with van der Waals surface area (Å²) in [6, 6.07) is 7.04. The number of carbonyl (C=O) groups is 3. The molecule has 0 spiro atoms. The highest BCUT2D eigenvalue weighted by atomic mass is 16.5. The molecule has 1 unspecified atom stereocenters. The van der Waals surface area contributed by atoms with Gasteiger partial charge in [0.15, 0.2) is 0 Å². The number of benzene rings is 1. The first-order chi connectivity index (χ1) is 15.4. The zero-order valence-electron chi connectivity index (χ0n) is 19.0. The first kappa shape index (κ1) is 22.3. The maximum absolute atomic E-state index is 13.3. The molecule has 1 N–H and O–H groups in total. The second-order valence-corrected chi connectivity index (χ2v) is 8.59. The fourth-order valence-corrected chi connectivity index (χ4v) is 4.46.